The van der Waals surface area contributed by atoms with Gasteiger partial charge in [0.15, 0.2) is 0 Å². The molecule has 21 heavy (non-hydrogen) atoms. The van der Waals surface area contributed by atoms with Gasteiger partial charge in [0.05, 0.1) is 6.04 Å². The Balaban J connectivity index is 2.44. The lowest BCUT2D eigenvalue weighted by Gasteiger charge is -2.23. The summed E-state index contributed by atoms with van der Waals surface area (Å²) in [6.45, 7) is 6.99. The van der Waals surface area contributed by atoms with Crippen LogP contribution in [0.3, 0.4) is 0 Å². The fourth-order valence-corrected chi connectivity index (χ4v) is 1.77. The minimum absolute atomic E-state index is 0.297. The summed E-state index contributed by atoms with van der Waals surface area (Å²) in [6.07, 6.45) is 0. The van der Waals surface area contributed by atoms with Crippen LogP contribution in [0, 0.1) is 5.92 Å². The van der Waals surface area contributed by atoms with Crippen molar-refractivity contribution in [3.63, 3.8) is 0 Å². The molecular formula is C16H25N3O2. The van der Waals surface area contributed by atoms with E-state index in [1.54, 1.807) is 6.92 Å². The predicted molar refractivity (Wildman–Crippen MR) is 83.8 cm³/mol. The second-order valence-corrected chi connectivity index (χ2v) is 5.67. The molecule has 1 aromatic rings. The molecule has 5 heteroatoms. The first-order valence-corrected chi connectivity index (χ1v) is 7.23. The number of amides is 3. The zero-order valence-corrected chi connectivity index (χ0v) is 13.2. The average Bonchev–Trinajstić information content (AvgIpc) is 2.45. The van der Waals surface area contributed by atoms with Crippen molar-refractivity contribution in [2.24, 2.45) is 5.92 Å². The van der Waals surface area contributed by atoms with Crippen molar-refractivity contribution in [1.82, 2.24) is 15.5 Å². The van der Waals surface area contributed by atoms with Crippen LogP contribution in [0.15, 0.2) is 30.3 Å². The summed E-state index contributed by atoms with van der Waals surface area (Å²) in [6, 6.07) is 9.09. The molecule has 0 radical (unpaired) electrons. The van der Waals surface area contributed by atoms with Crippen LogP contribution >= 0.6 is 0 Å². The molecule has 0 aliphatic heterocycles. The predicted octanol–water partition coefficient (Wildman–Crippen LogP) is 1.99. The molecule has 0 spiro atoms. The summed E-state index contributed by atoms with van der Waals surface area (Å²) in [7, 11) is 1.86. The Labute approximate surface area is 126 Å². The van der Waals surface area contributed by atoms with Gasteiger partial charge in [-0.3, -0.25) is 15.0 Å². The maximum atomic E-state index is 12.0. The summed E-state index contributed by atoms with van der Waals surface area (Å²) < 4.78 is 0. The summed E-state index contributed by atoms with van der Waals surface area (Å²) in [5, 5.41) is 5.04. The topological polar surface area (TPSA) is 61.4 Å². The first-order chi connectivity index (χ1) is 9.90. The number of hydrogen-bond acceptors (Lipinski definition) is 3. The van der Waals surface area contributed by atoms with Crippen molar-refractivity contribution in [1.29, 1.82) is 0 Å². The third kappa shape index (κ3) is 6.40. The largest absolute Gasteiger partial charge is 0.338 e. The fraction of sp³-hybridized carbons (Fsp3) is 0.500. The Morgan fingerprint density at radius 2 is 1.76 bits per heavy atom. The molecule has 0 saturated carbocycles. The molecule has 116 valence electrons. The number of nitrogens with one attached hydrogen (secondary N) is 2. The maximum absolute atomic E-state index is 12.0. The molecule has 1 rings (SSSR count). The molecule has 0 bridgehead atoms. The van der Waals surface area contributed by atoms with Gasteiger partial charge in [0.2, 0.25) is 5.91 Å². The lowest BCUT2D eigenvalue weighted by Crippen LogP contribution is -2.48. The molecule has 1 unspecified atom stereocenters. The van der Waals surface area contributed by atoms with E-state index in [9.17, 15) is 9.59 Å². The minimum Gasteiger partial charge on any atom is -0.338 e. The van der Waals surface area contributed by atoms with Gasteiger partial charge >= 0.3 is 6.03 Å². The van der Waals surface area contributed by atoms with Gasteiger partial charge in [-0.15, -0.1) is 0 Å². The van der Waals surface area contributed by atoms with Gasteiger partial charge in [-0.05, 0) is 25.5 Å². The van der Waals surface area contributed by atoms with Crippen LogP contribution < -0.4 is 10.6 Å². The normalized spacial score (nSPS) is 12.3. The highest BCUT2D eigenvalue weighted by Crippen LogP contribution is 2.06. The molecule has 0 aliphatic rings. The average molecular weight is 291 g/mol. The Bertz CT molecular complexity index is 460. The second kappa shape index (κ2) is 8.42. The van der Waals surface area contributed by atoms with E-state index in [-0.39, 0.29) is 11.9 Å². The van der Waals surface area contributed by atoms with E-state index >= 15 is 0 Å². The van der Waals surface area contributed by atoms with Crippen LogP contribution in [0.5, 0.6) is 0 Å². The SMILES string of the molecule is CC(C)CNC(=O)NC(=O)C(C)N(C)Cc1ccccc1. The second-order valence-electron chi connectivity index (χ2n) is 5.67. The highest BCUT2D eigenvalue weighted by molar-refractivity contribution is 5.96. The highest BCUT2D eigenvalue weighted by atomic mass is 16.2. The van der Waals surface area contributed by atoms with Crippen molar-refractivity contribution in [3.05, 3.63) is 35.9 Å². The number of nitrogens with zero attached hydrogens (tertiary/aromatic N) is 1. The summed E-state index contributed by atoms with van der Waals surface area (Å²) in [5.74, 6) is 0.0544. The third-order valence-corrected chi connectivity index (χ3v) is 3.22. The van der Waals surface area contributed by atoms with Crippen molar-refractivity contribution < 1.29 is 9.59 Å². The van der Waals surface area contributed by atoms with E-state index in [1.165, 1.54) is 0 Å². The number of urea groups is 1. The molecule has 0 aromatic heterocycles. The van der Waals surface area contributed by atoms with Gasteiger partial charge in [-0.1, -0.05) is 44.2 Å². The molecule has 1 aromatic carbocycles. The Morgan fingerprint density at radius 1 is 1.14 bits per heavy atom. The van der Waals surface area contributed by atoms with Gasteiger partial charge in [-0.2, -0.15) is 0 Å². The maximum Gasteiger partial charge on any atom is 0.321 e. The highest BCUT2D eigenvalue weighted by Gasteiger charge is 2.20. The lowest BCUT2D eigenvalue weighted by atomic mass is 10.2. The zero-order chi connectivity index (χ0) is 15.8. The monoisotopic (exact) mass is 291 g/mol. The Hall–Kier alpha value is -1.88. The van der Waals surface area contributed by atoms with E-state index in [4.69, 9.17) is 0 Å². The Morgan fingerprint density at radius 3 is 2.33 bits per heavy atom. The molecular weight excluding hydrogens is 266 g/mol. The van der Waals surface area contributed by atoms with E-state index in [0.29, 0.717) is 19.0 Å². The van der Waals surface area contributed by atoms with Crippen LogP contribution in [-0.2, 0) is 11.3 Å². The number of likely N-dealkylation sites (N-methyl/N-ethyl adjacent to an activating group) is 1. The minimum atomic E-state index is -0.436. The van der Waals surface area contributed by atoms with Crippen LogP contribution in [0.25, 0.3) is 0 Å². The molecule has 0 fully saturated rings. The first kappa shape index (κ1) is 17.2. The molecule has 0 heterocycles. The van der Waals surface area contributed by atoms with Crippen molar-refractivity contribution in [3.8, 4) is 0 Å². The standard InChI is InChI=1S/C16H25N3O2/c1-12(2)10-17-16(21)18-15(20)13(3)19(4)11-14-8-6-5-7-9-14/h5-9,12-13H,10-11H2,1-4H3,(H2,17,18,20,21). The van der Waals surface area contributed by atoms with Crippen LogP contribution in [0.1, 0.15) is 26.3 Å². The number of carbonyl (C=O) groups excluding carboxylic acids is 2. The van der Waals surface area contributed by atoms with Crippen LogP contribution in [-0.4, -0.2) is 36.5 Å². The van der Waals surface area contributed by atoms with Crippen LogP contribution in [0.4, 0.5) is 4.79 Å². The fourth-order valence-electron chi connectivity index (χ4n) is 1.77. The summed E-state index contributed by atoms with van der Waals surface area (Å²) >= 11 is 0. The molecule has 0 saturated heterocycles. The zero-order valence-electron chi connectivity index (χ0n) is 13.2. The van der Waals surface area contributed by atoms with Crippen molar-refractivity contribution in [2.75, 3.05) is 13.6 Å². The summed E-state index contributed by atoms with van der Waals surface area (Å²) in [5.41, 5.74) is 1.13. The number of hydrogen-bond donors (Lipinski definition) is 2. The van der Waals surface area contributed by atoms with E-state index in [2.05, 4.69) is 10.6 Å². The molecule has 1 atom stereocenters. The number of carbonyl (C=O) groups is 2. The first-order valence-electron chi connectivity index (χ1n) is 7.23. The number of imide groups is 1. The van der Waals surface area contributed by atoms with Gasteiger partial charge in [0.1, 0.15) is 0 Å². The van der Waals surface area contributed by atoms with Gasteiger partial charge in [-0.25, -0.2) is 4.79 Å². The van der Waals surface area contributed by atoms with Crippen LogP contribution in [0.2, 0.25) is 0 Å². The van der Waals surface area contributed by atoms with Gasteiger partial charge in [0.25, 0.3) is 0 Å². The van der Waals surface area contributed by atoms with E-state index in [1.807, 2.05) is 56.1 Å². The third-order valence-electron chi connectivity index (χ3n) is 3.22. The molecule has 3 amide bonds. The van der Waals surface area contributed by atoms with Crippen molar-refractivity contribution in [2.45, 2.75) is 33.4 Å². The van der Waals surface area contributed by atoms with E-state index in [0.717, 1.165) is 5.56 Å². The smallest absolute Gasteiger partial charge is 0.321 e. The van der Waals surface area contributed by atoms with Gasteiger partial charge < -0.3 is 5.32 Å². The Kier molecular flexibility index (Phi) is 6.88. The van der Waals surface area contributed by atoms with E-state index < -0.39 is 6.03 Å². The lowest BCUT2D eigenvalue weighted by molar-refractivity contribution is -0.124. The van der Waals surface area contributed by atoms with Crippen molar-refractivity contribution >= 4 is 11.9 Å². The summed E-state index contributed by atoms with van der Waals surface area (Å²) in [4.78, 5) is 25.5. The van der Waals surface area contributed by atoms with Gasteiger partial charge in [0, 0.05) is 13.1 Å². The quantitative estimate of drug-likeness (QED) is 0.842. The molecule has 0 aliphatic carbocycles. The number of rotatable bonds is 6. The molecule has 2 N–H and O–H groups in total. The molecule has 5 nitrogen and oxygen atoms in total. The number of benzene rings is 1.